The smallest absolute Gasteiger partial charge is 0.00675 e. The summed E-state index contributed by atoms with van der Waals surface area (Å²) in [5.74, 6) is 2.74. The number of hydrogen-bond donors (Lipinski definition) is 0. The van der Waals surface area contributed by atoms with Gasteiger partial charge in [-0.15, -0.1) is 0 Å². The van der Waals surface area contributed by atoms with Crippen LogP contribution in [0.15, 0.2) is 0 Å². The number of rotatable bonds is 12. The van der Waals surface area contributed by atoms with E-state index < -0.39 is 0 Å². The van der Waals surface area contributed by atoms with Gasteiger partial charge < -0.3 is 0 Å². The average Bonchev–Trinajstić information content (AvgIpc) is 2.26. The van der Waals surface area contributed by atoms with Crippen LogP contribution < -0.4 is 0 Å². The van der Waals surface area contributed by atoms with E-state index in [1.54, 1.807) is 0 Å². The molecule has 0 saturated heterocycles. The van der Waals surface area contributed by atoms with Crippen LogP contribution in [0.1, 0.15) is 71.1 Å². The lowest BCUT2D eigenvalue weighted by molar-refractivity contribution is 0.578. The van der Waals surface area contributed by atoms with Crippen LogP contribution in [0.25, 0.3) is 0 Å². The lowest BCUT2D eigenvalue weighted by Crippen LogP contribution is -1.84. The molecule has 0 amide bonds. The Kier molecular flexibility index (Phi) is 14.7. The first-order valence-electron chi connectivity index (χ1n) is 6.78. The van der Waals surface area contributed by atoms with Crippen LogP contribution in [0.4, 0.5) is 0 Å². The van der Waals surface area contributed by atoms with Gasteiger partial charge in [-0.2, -0.15) is 11.8 Å². The van der Waals surface area contributed by atoms with Crippen LogP contribution in [0.2, 0.25) is 0 Å². The molecule has 0 fully saturated rings. The highest BCUT2D eigenvalue weighted by molar-refractivity contribution is 7.99. The maximum Gasteiger partial charge on any atom is -0.00675 e. The summed E-state index contributed by atoms with van der Waals surface area (Å²) in [6.45, 7) is 6.13. The van der Waals surface area contributed by atoms with Gasteiger partial charge in [0, 0.05) is 0 Å². The van der Waals surface area contributed by atoms with Crippen LogP contribution >= 0.6 is 11.8 Å². The zero-order chi connectivity index (χ0) is 11.2. The predicted molar refractivity (Wildman–Crippen MR) is 74.5 cm³/mol. The Balaban J connectivity index is 2.81. The van der Waals surface area contributed by atoms with E-state index >= 15 is 0 Å². The molecule has 0 N–H and O–H groups in total. The molecule has 15 heavy (non-hydrogen) atoms. The molecule has 0 aromatic rings. The summed E-state index contributed by atoms with van der Waals surface area (Å²) in [5.41, 5.74) is 0. The molecule has 0 spiro atoms. The Morgan fingerprint density at radius 2 is 1.27 bits per heavy atom. The van der Waals surface area contributed by atoms with Crippen LogP contribution in [0.5, 0.6) is 0 Å². The second-order valence-corrected chi connectivity index (χ2v) is 5.52. The fourth-order valence-electron chi connectivity index (χ4n) is 1.69. The molecule has 0 rings (SSSR count). The van der Waals surface area contributed by atoms with Crippen molar-refractivity contribution in [2.24, 2.45) is 0 Å². The van der Waals surface area contributed by atoms with Gasteiger partial charge in [0.25, 0.3) is 0 Å². The largest absolute Gasteiger partial charge is 0.162 e. The molecule has 0 unspecified atom stereocenters. The number of thioether (sulfide) groups is 1. The van der Waals surface area contributed by atoms with Crippen molar-refractivity contribution in [3.8, 4) is 0 Å². The molecule has 91 valence electrons. The molecule has 0 saturated carbocycles. The van der Waals surface area contributed by atoms with Gasteiger partial charge in [-0.3, -0.25) is 0 Å². The first-order valence-corrected chi connectivity index (χ1v) is 7.94. The summed E-state index contributed by atoms with van der Waals surface area (Å²) < 4.78 is 0. The SMILES string of the molecule is [CH2]CCCCCCCCCCSCCC. The second kappa shape index (κ2) is 14.3. The lowest BCUT2D eigenvalue weighted by Gasteiger charge is -2.01. The van der Waals surface area contributed by atoms with Crippen molar-refractivity contribution < 1.29 is 0 Å². The summed E-state index contributed by atoms with van der Waals surface area (Å²) in [6.07, 6.45) is 13.8. The van der Waals surface area contributed by atoms with E-state index in [0.29, 0.717) is 0 Å². The van der Waals surface area contributed by atoms with Gasteiger partial charge in [0.15, 0.2) is 0 Å². The molecule has 0 aliphatic carbocycles. The fourth-order valence-corrected chi connectivity index (χ4v) is 2.59. The standard InChI is InChI=1S/C14H29S/c1-3-5-6-7-8-9-10-11-12-14-15-13-4-2/h1,3-14H2,2H3. The monoisotopic (exact) mass is 229 g/mol. The fraction of sp³-hybridized carbons (Fsp3) is 0.929. The third kappa shape index (κ3) is 14.4. The molecule has 1 heteroatoms. The zero-order valence-corrected chi connectivity index (χ0v) is 11.4. The Morgan fingerprint density at radius 3 is 1.80 bits per heavy atom. The van der Waals surface area contributed by atoms with Crippen molar-refractivity contribution in [1.82, 2.24) is 0 Å². The molecular formula is C14H29S. The van der Waals surface area contributed by atoms with Gasteiger partial charge in [0.2, 0.25) is 0 Å². The molecule has 0 aliphatic heterocycles. The minimum Gasteiger partial charge on any atom is -0.162 e. The van der Waals surface area contributed by atoms with E-state index in [9.17, 15) is 0 Å². The molecule has 0 bridgehead atoms. The molecule has 0 aliphatic rings. The minimum absolute atomic E-state index is 1.12. The van der Waals surface area contributed by atoms with Gasteiger partial charge in [-0.1, -0.05) is 65.2 Å². The zero-order valence-electron chi connectivity index (χ0n) is 10.6. The van der Waals surface area contributed by atoms with Crippen molar-refractivity contribution in [1.29, 1.82) is 0 Å². The van der Waals surface area contributed by atoms with Gasteiger partial charge in [0.1, 0.15) is 0 Å². The quantitative estimate of drug-likeness (QED) is 0.400. The highest BCUT2D eigenvalue weighted by atomic mass is 32.2. The van der Waals surface area contributed by atoms with E-state index in [1.807, 2.05) is 0 Å². The van der Waals surface area contributed by atoms with E-state index in [0.717, 1.165) is 6.42 Å². The molecular weight excluding hydrogens is 200 g/mol. The normalized spacial score (nSPS) is 10.8. The average molecular weight is 229 g/mol. The van der Waals surface area contributed by atoms with Gasteiger partial charge >= 0.3 is 0 Å². The van der Waals surface area contributed by atoms with Crippen molar-refractivity contribution in [2.45, 2.75) is 71.1 Å². The maximum absolute atomic E-state index is 3.87. The van der Waals surface area contributed by atoms with Crippen molar-refractivity contribution in [2.75, 3.05) is 11.5 Å². The highest BCUT2D eigenvalue weighted by Gasteiger charge is 1.92. The van der Waals surface area contributed by atoms with Gasteiger partial charge in [0.05, 0.1) is 0 Å². The Bertz CT molecular complexity index is 89.5. The highest BCUT2D eigenvalue weighted by Crippen LogP contribution is 2.11. The van der Waals surface area contributed by atoms with Crippen LogP contribution in [0.3, 0.4) is 0 Å². The predicted octanol–water partition coefficient (Wildman–Crippen LogP) is 5.47. The molecule has 0 heterocycles. The van der Waals surface area contributed by atoms with Crippen molar-refractivity contribution >= 4 is 11.8 Å². The Hall–Kier alpha value is 0.350. The van der Waals surface area contributed by atoms with Gasteiger partial charge in [-0.05, 0) is 24.3 Å². The number of unbranched alkanes of at least 4 members (excludes halogenated alkanes) is 8. The summed E-state index contributed by atoms with van der Waals surface area (Å²) in [4.78, 5) is 0. The molecule has 0 atom stereocenters. The maximum atomic E-state index is 3.87. The van der Waals surface area contributed by atoms with Crippen LogP contribution in [0, 0.1) is 6.92 Å². The summed E-state index contributed by atoms with van der Waals surface area (Å²) in [7, 11) is 0. The summed E-state index contributed by atoms with van der Waals surface area (Å²) >= 11 is 2.12. The van der Waals surface area contributed by atoms with E-state index in [2.05, 4.69) is 25.6 Å². The molecule has 0 aromatic heterocycles. The minimum atomic E-state index is 1.12. The summed E-state index contributed by atoms with van der Waals surface area (Å²) in [6, 6.07) is 0. The third-order valence-electron chi connectivity index (χ3n) is 2.64. The third-order valence-corrected chi connectivity index (χ3v) is 3.91. The number of hydrogen-bond acceptors (Lipinski definition) is 1. The molecule has 0 aromatic carbocycles. The van der Waals surface area contributed by atoms with Crippen LogP contribution in [-0.4, -0.2) is 11.5 Å². The second-order valence-electron chi connectivity index (χ2n) is 4.29. The molecule has 0 nitrogen and oxygen atoms in total. The molecule has 1 radical (unpaired) electrons. The van der Waals surface area contributed by atoms with Crippen molar-refractivity contribution in [3.05, 3.63) is 6.92 Å². The summed E-state index contributed by atoms with van der Waals surface area (Å²) in [5, 5.41) is 0. The first-order chi connectivity index (χ1) is 7.41. The van der Waals surface area contributed by atoms with Gasteiger partial charge in [-0.25, -0.2) is 0 Å². The Labute approximate surface area is 102 Å². The first kappa shape index (κ1) is 15.3. The van der Waals surface area contributed by atoms with E-state index in [-0.39, 0.29) is 0 Å². The van der Waals surface area contributed by atoms with Crippen LogP contribution in [-0.2, 0) is 0 Å². The van der Waals surface area contributed by atoms with E-state index in [1.165, 1.54) is 69.3 Å². The lowest BCUT2D eigenvalue weighted by atomic mass is 10.1. The van der Waals surface area contributed by atoms with Crippen molar-refractivity contribution in [3.63, 3.8) is 0 Å². The Morgan fingerprint density at radius 1 is 0.733 bits per heavy atom. The topological polar surface area (TPSA) is 0 Å². The van der Waals surface area contributed by atoms with E-state index in [4.69, 9.17) is 0 Å².